The van der Waals surface area contributed by atoms with Crippen LogP contribution in [0.4, 0.5) is 0 Å². The molecule has 0 aliphatic heterocycles. The van der Waals surface area contributed by atoms with Crippen LogP contribution in [-0.2, 0) is 4.79 Å². The second-order valence-electron chi connectivity index (χ2n) is 5.79. The number of hydrogen-bond acceptors (Lipinski definition) is 5. The Morgan fingerprint density at radius 1 is 1.00 bits per heavy atom. The van der Waals surface area contributed by atoms with Crippen molar-refractivity contribution in [3.05, 3.63) is 73.5 Å². The number of hydrogen-bond donors (Lipinski definition) is 2. The highest BCUT2D eigenvalue weighted by atomic mass is 79.9. The third-order valence-corrected chi connectivity index (χ3v) is 4.76. The molecule has 3 rings (SSSR count). The molecule has 0 aliphatic carbocycles. The minimum absolute atomic E-state index is 0.229. The second-order valence-corrected chi connectivity index (χ2v) is 7.62. The van der Waals surface area contributed by atoms with Gasteiger partial charge in [0.25, 0.3) is 11.8 Å². The maximum absolute atomic E-state index is 12.3. The second kappa shape index (κ2) is 8.57. The number of carbonyl (C=O) groups excluding carboxylic acids is 2. The zero-order valence-electron chi connectivity index (χ0n) is 14.5. The number of hydrazine groups is 1. The van der Waals surface area contributed by atoms with Crippen LogP contribution in [0.15, 0.2) is 66.7 Å². The molecule has 0 spiro atoms. The molecule has 2 N–H and O–H groups in total. The van der Waals surface area contributed by atoms with Gasteiger partial charge in [0.05, 0.1) is 0 Å². The Balaban J connectivity index is 1.65. The number of nitrogens with one attached hydrogen (secondary N) is 2. The maximum Gasteiger partial charge on any atom is 0.349 e. The number of ether oxygens (including phenoxy) is 1. The Labute approximate surface area is 176 Å². The summed E-state index contributed by atoms with van der Waals surface area (Å²) in [7, 11) is 0. The average molecular weight is 510 g/mol. The van der Waals surface area contributed by atoms with E-state index < -0.39 is 23.5 Å². The van der Waals surface area contributed by atoms with E-state index in [1.165, 1.54) is 13.0 Å². The predicted octanol–water partition coefficient (Wildman–Crippen LogP) is 3.55. The molecule has 0 fully saturated rings. The van der Waals surface area contributed by atoms with E-state index in [2.05, 4.69) is 42.7 Å². The molecule has 7 nitrogen and oxygen atoms in total. The van der Waals surface area contributed by atoms with Crippen molar-refractivity contribution in [2.24, 2.45) is 0 Å². The molecule has 9 heteroatoms. The summed E-state index contributed by atoms with van der Waals surface area (Å²) >= 11 is 6.63. The molecule has 144 valence electrons. The molecule has 28 heavy (non-hydrogen) atoms. The van der Waals surface area contributed by atoms with E-state index in [0.717, 1.165) is 8.95 Å². The van der Waals surface area contributed by atoms with Gasteiger partial charge in [-0.1, -0.05) is 31.9 Å². The summed E-state index contributed by atoms with van der Waals surface area (Å²) in [5.41, 5.74) is 3.75. The fourth-order valence-corrected chi connectivity index (χ4v) is 2.95. The number of rotatable bonds is 4. The van der Waals surface area contributed by atoms with Crippen molar-refractivity contribution in [3.8, 4) is 5.75 Å². The van der Waals surface area contributed by atoms with Crippen molar-refractivity contribution in [1.82, 2.24) is 10.9 Å². The van der Waals surface area contributed by atoms with Crippen LogP contribution in [0.1, 0.15) is 17.3 Å². The fraction of sp³-hybridized carbons (Fsp3) is 0.105. The van der Waals surface area contributed by atoms with Crippen LogP contribution in [0.3, 0.4) is 0 Å². The van der Waals surface area contributed by atoms with Gasteiger partial charge >= 0.3 is 5.63 Å². The van der Waals surface area contributed by atoms with Crippen LogP contribution < -0.4 is 21.2 Å². The molecule has 0 radical (unpaired) electrons. The zero-order chi connectivity index (χ0) is 20.3. The largest absolute Gasteiger partial charge is 0.481 e. The van der Waals surface area contributed by atoms with Gasteiger partial charge in [-0.15, -0.1) is 0 Å². The summed E-state index contributed by atoms with van der Waals surface area (Å²) in [6, 6.07) is 13.4. The molecule has 0 saturated carbocycles. The third kappa shape index (κ3) is 4.79. The minimum atomic E-state index is -0.870. The molecule has 0 bridgehead atoms. The van der Waals surface area contributed by atoms with Crippen molar-refractivity contribution in [1.29, 1.82) is 0 Å². The van der Waals surface area contributed by atoms with E-state index in [1.807, 2.05) is 0 Å². The predicted molar refractivity (Wildman–Crippen MR) is 110 cm³/mol. The molecule has 1 atom stereocenters. The number of halogens is 2. The smallest absolute Gasteiger partial charge is 0.349 e. The van der Waals surface area contributed by atoms with Gasteiger partial charge in [-0.2, -0.15) is 0 Å². The maximum atomic E-state index is 12.3. The number of carbonyl (C=O) groups is 2. The summed E-state index contributed by atoms with van der Waals surface area (Å²) in [5.74, 6) is -0.873. The van der Waals surface area contributed by atoms with Crippen molar-refractivity contribution in [2.45, 2.75) is 13.0 Å². The SMILES string of the molecule is CC(Oc1ccc(Br)cc1)C(=O)NNC(=O)c1cc2cc(Br)ccc2oc1=O. The van der Waals surface area contributed by atoms with Crippen LogP contribution >= 0.6 is 31.9 Å². The van der Waals surface area contributed by atoms with Gasteiger partial charge in [0.1, 0.15) is 16.9 Å². The molecule has 1 heterocycles. The first-order valence-electron chi connectivity index (χ1n) is 8.09. The summed E-state index contributed by atoms with van der Waals surface area (Å²) in [4.78, 5) is 36.4. The lowest BCUT2D eigenvalue weighted by atomic mass is 10.2. The third-order valence-electron chi connectivity index (χ3n) is 3.73. The van der Waals surface area contributed by atoms with Crippen molar-refractivity contribution in [2.75, 3.05) is 0 Å². The highest BCUT2D eigenvalue weighted by molar-refractivity contribution is 9.10. The lowest BCUT2D eigenvalue weighted by molar-refractivity contribution is -0.128. The van der Waals surface area contributed by atoms with Crippen LogP contribution in [0.25, 0.3) is 11.0 Å². The summed E-state index contributed by atoms with van der Waals surface area (Å²) < 4.78 is 12.3. The fourth-order valence-electron chi connectivity index (χ4n) is 2.31. The summed E-state index contributed by atoms with van der Waals surface area (Å²) in [5, 5.41) is 0.567. The van der Waals surface area contributed by atoms with Crippen molar-refractivity contribution < 1.29 is 18.7 Å². The Bertz CT molecular complexity index is 1100. The van der Waals surface area contributed by atoms with Gasteiger partial charge in [-0.3, -0.25) is 20.4 Å². The van der Waals surface area contributed by atoms with Gasteiger partial charge in [-0.25, -0.2) is 4.79 Å². The molecule has 2 aromatic carbocycles. The van der Waals surface area contributed by atoms with E-state index in [4.69, 9.17) is 9.15 Å². The Morgan fingerprint density at radius 2 is 1.68 bits per heavy atom. The summed E-state index contributed by atoms with van der Waals surface area (Å²) in [6.07, 6.45) is -0.870. The monoisotopic (exact) mass is 508 g/mol. The molecular weight excluding hydrogens is 496 g/mol. The van der Waals surface area contributed by atoms with Gasteiger partial charge < -0.3 is 9.15 Å². The normalized spacial score (nSPS) is 11.7. The van der Waals surface area contributed by atoms with E-state index >= 15 is 0 Å². The van der Waals surface area contributed by atoms with Gasteiger partial charge in [-0.05, 0) is 55.5 Å². The topological polar surface area (TPSA) is 97.6 Å². The number of fused-ring (bicyclic) bond motifs is 1. The average Bonchev–Trinajstić information content (AvgIpc) is 2.67. The van der Waals surface area contributed by atoms with Gasteiger partial charge in [0.2, 0.25) is 0 Å². The molecule has 2 amide bonds. The molecular formula is C19H14Br2N2O5. The first kappa shape index (κ1) is 20.1. The standard InChI is InChI=1S/C19H14Br2N2O5/c1-10(27-14-5-2-12(20)3-6-14)17(24)22-23-18(25)15-9-11-8-13(21)4-7-16(11)28-19(15)26/h2-10H,1H3,(H,22,24)(H,23,25). The number of amides is 2. The van der Waals surface area contributed by atoms with E-state index in [9.17, 15) is 14.4 Å². The van der Waals surface area contributed by atoms with Gasteiger partial charge in [0, 0.05) is 14.3 Å². The molecule has 1 unspecified atom stereocenters. The highest BCUT2D eigenvalue weighted by Gasteiger charge is 2.18. The zero-order valence-corrected chi connectivity index (χ0v) is 17.7. The van der Waals surface area contributed by atoms with Crippen LogP contribution in [0, 0.1) is 0 Å². The number of benzene rings is 2. The highest BCUT2D eigenvalue weighted by Crippen LogP contribution is 2.19. The Hall–Kier alpha value is -2.65. The Kier molecular flexibility index (Phi) is 6.15. The molecule has 1 aromatic heterocycles. The lowest BCUT2D eigenvalue weighted by Gasteiger charge is -2.15. The first-order chi connectivity index (χ1) is 13.3. The van der Waals surface area contributed by atoms with Gasteiger partial charge in [0.15, 0.2) is 6.10 Å². The van der Waals surface area contributed by atoms with E-state index in [1.54, 1.807) is 42.5 Å². The Morgan fingerprint density at radius 3 is 2.39 bits per heavy atom. The van der Waals surface area contributed by atoms with Crippen molar-refractivity contribution in [3.63, 3.8) is 0 Å². The summed E-state index contributed by atoms with van der Waals surface area (Å²) in [6.45, 7) is 1.53. The van der Waals surface area contributed by atoms with Crippen LogP contribution in [0.5, 0.6) is 5.75 Å². The first-order valence-corrected chi connectivity index (χ1v) is 9.68. The van der Waals surface area contributed by atoms with E-state index in [-0.39, 0.29) is 5.56 Å². The lowest BCUT2D eigenvalue weighted by Crippen LogP contribution is -2.48. The quantitative estimate of drug-likeness (QED) is 0.414. The molecule has 3 aromatic rings. The molecule has 0 aliphatic rings. The van der Waals surface area contributed by atoms with Crippen LogP contribution in [-0.4, -0.2) is 17.9 Å². The van der Waals surface area contributed by atoms with Crippen molar-refractivity contribution >= 4 is 54.6 Å². The van der Waals surface area contributed by atoms with E-state index in [0.29, 0.717) is 16.7 Å². The minimum Gasteiger partial charge on any atom is -0.481 e. The molecule has 0 saturated heterocycles. The van der Waals surface area contributed by atoms with Crippen LogP contribution in [0.2, 0.25) is 0 Å².